The number of likely N-dealkylation sites (tertiary alicyclic amines) is 1. The number of hydrogen-bond acceptors (Lipinski definition) is 5. The van der Waals surface area contributed by atoms with Crippen LogP contribution in [0.2, 0.25) is 0 Å². The van der Waals surface area contributed by atoms with E-state index in [0.717, 1.165) is 53.4 Å². The van der Waals surface area contributed by atoms with E-state index in [9.17, 15) is 9.18 Å². The molecule has 0 amide bonds. The number of ether oxygens (including phenoxy) is 1. The second kappa shape index (κ2) is 8.73. The molecule has 2 fully saturated rings. The largest absolute Gasteiger partial charge is 0.492 e. The molecule has 4 aromatic rings. The normalized spacial score (nSPS) is 21.5. The van der Waals surface area contributed by atoms with Crippen LogP contribution in [0.3, 0.4) is 0 Å². The van der Waals surface area contributed by atoms with Crippen LogP contribution in [0, 0.1) is 6.92 Å². The van der Waals surface area contributed by atoms with E-state index in [-0.39, 0.29) is 17.6 Å². The number of methoxy groups -OCH3 is 1. The Bertz CT molecular complexity index is 1490. The zero-order valence-electron chi connectivity index (χ0n) is 21.3. The van der Waals surface area contributed by atoms with Gasteiger partial charge in [-0.1, -0.05) is 13.8 Å². The number of fused-ring (bicyclic) bond motifs is 2. The van der Waals surface area contributed by atoms with Crippen LogP contribution in [0.4, 0.5) is 4.39 Å². The third-order valence-electron chi connectivity index (χ3n) is 8.19. The average Bonchev–Trinajstić information content (AvgIpc) is 3.44. The zero-order chi connectivity index (χ0) is 25.1. The molecule has 1 saturated carbocycles. The van der Waals surface area contributed by atoms with E-state index in [1.165, 1.54) is 11.9 Å². The molecule has 0 radical (unpaired) electrons. The molecule has 3 aromatic heterocycles. The summed E-state index contributed by atoms with van der Waals surface area (Å²) >= 11 is 0. The summed E-state index contributed by atoms with van der Waals surface area (Å²) in [4.78, 5) is 22.9. The monoisotopic (exact) mass is 492 g/mol. The second-order valence-corrected chi connectivity index (χ2v) is 10.7. The lowest BCUT2D eigenvalue weighted by molar-refractivity contribution is 0.00917. The van der Waals surface area contributed by atoms with Crippen molar-refractivity contribution in [1.29, 1.82) is 0 Å². The SMILES string of the molecule is COc1c(C)c(-c2cc3[nH]c(=O)n(C4CCC(N5CC(F)C5)CC4)c3cc2C(C)C)cn2ncnc12. The van der Waals surface area contributed by atoms with Crippen LogP contribution >= 0.6 is 0 Å². The fourth-order valence-corrected chi connectivity index (χ4v) is 6.23. The molecular formula is C27H33FN6O2. The number of alkyl halides is 1. The summed E-state index contributed by atoms with van der Waals surface area (Å²) in [5, 5.41) is 4.34. The van der Waals surface area contributed by atoms with Gasteiger partial charge in [-0.05, 0) is 61.8 Å². The van der Waals surface area contributed by atoms with Gasteiger partial charge in [0.15, 0.2) is 11.4 Å². The number of hydrogen-bond donors (Lipinski definition) is 1. The van der Waals surface area contributed by atoms with E-state index >= 15 is 0 Å². The molecule has 1 saturated heterocycles. The quantitative estimate of drug-likeness (QED) is 0.440. The third kappa shape index (κ3) is 3.63. The Morgan fingerprint density at radius 1 is 1.11 bits per heavy atom. The fraction of sp³-hybridized carbons (Fsp3) is 0.519. The lowest BCUT2D eigenvalue weighted by atomic mass is 9.88. The van der Waals surface area contributed by atoms with Gasteiger partial charge in [-0.3, -0.25) is 9.47 Å². The summed E-state index contributed by atoms with van der Waals surface area (Å²) in [6.45, 7) is 7.52. The van der Waals surface area contributed by atoms with Gasteiger partial charge in [-0.15, -0.1) is 0 Å². The van der Waals surface area contributed by atoms with Gasteiger partial charge in [0, 0.05) is 42.5 Å². The van der Waals surface area contributed by atoms with Crippen LogP contribution in [-0.4, -0.2) is 61.5 Å². The smallest absolute Gasteiger partial charge is 0.326 e. The van der Waals surface area contributed by atoms with Gasteiger partial charge >= 0.3 is 5.69 Å². The van der Waals surface area contributed by atoms with Crippen molar-refractivity contribution in [1.82, 2.24) is 29.0 Å². The molecule has 1 aliphatic carbocycles. The van der Waals surface area contributed by atoms with Gasteiger partial charge in [-0.2, -0.15) is 5.10 Å². The number of pyridine rings is 1. The number of H-pyrrole nitrogens is 1. The molecule has 190 valence electrons. The number of benzene rings is 1. The molecular weight excluding hydrogens is 459 g/mol. The molecule has 1 aliphatic heterocycles. The molecule has 0 bridgehead atoms. The van der Waals surface area contributed by atoms with Gasteiger partial charge in [0.05, 0.1) is 18.1 Å². The maximum atomic E-state index is 13.3. The topological polar surface area (TPSA) is 80.5 Å². The highest BCUT2D eigenvalue weighted by Gasteiger charge is 2.35. The molecule has 0 atom stereocenters. The molecule has 2 aliphatic rings. The maximum Gasteiger partial charge on any atom is 0.326 e. The number of nitrogens with zero attached hydrogens (tertiary/aromatic N) is 5. The van der Waals surface area contributed by atoms with Crippen LogP contribution in [-0.2, 0) is 0 Å². The Morgan fingerprint density at radius 3 is 2.50 bits per heavy atom. The van der Waals surface area contributed by atoms with Crippen LogP contribution in [0.25, 0.3) is 27.8 Å². The summed E-state index contributed by atoms with van der Waals surface area (Å²) in [6, 6.07) is 4.88. The number of nitrogens with one attached hydrogen (secondary N) is 1. The number of aromatic amines is 1. The van der Waals surface area contributed by atoms with E-state index in [1.54, 1.807) is 11.6 Å². The molecule has 4 heterocycles. The molecule has 1 N–H and O–H groups in total. The van der Waals surface area contributed by atoms with Gasteiger partial charge in [0.2, 0.25) is 0 Å². The van der Waals surface area contributed by atoms with Crippen LogP contribution < -0.4 is 10.4 Å². The van der Waals surface area contributed by atoms with Crippen molar-refractivity contribution in [2.75, 3.05) is 20.2 Å². The second-order valence-electron chi connectivity index (χ2n) is 10.7. The fourth-order valence-electron chi connectivity index (χ4n) is 6.23. The predicted octanol–water partition coefficient (Wildman–Crippen LogP) is 4.62. The molecule has 6 rings (SSSR count). The highest BCUT2D eigenvalue weighted by atomic mass is 19.1. The predicted molar refractivity (Wildman–Crippen MR) is 138 cm³/mol. The highest BCUT2D eigenvalue weighted by Crippen LogP contribution is 2.40. The Balaban J connectivity index is 1.42. The summed E-state index contributed by atoms with van der Waals surface area (Å²) in [5.41, 5.74) is 6.63. The van der Waals surface area contributed by atoms with E-state index in [1.807, 2.05) is 17.7 Å². The van der Waals surface area contributed by atoms with Crippen molar-refractivity contribution >= 4 is 16.7 Å². The van der Waals surface area contributed by atoms with Crippen LogP contribution in [0.1, 0.15) is 62.6 Å². The van der Waals surface area contributed by atoms with Gasteiger partial charge in [-0.25, -0.2) is 18.7 Å². The van der Waals surface area contributed by atoms with Gasteiger partial charge in [0.25, 0.3) is 0 Å². The van der Waals surface area contributed by atoms with Crippen molar-refractivity contribution < 1.29 is 9.13 Å². The number of imidazole rings is 1. The van der Waals surface area contributed by atoms with Crippen LogP contribution in [0.15, 0.2) is 29.5 Å². The molecule has 0 spiro atoms. The number of halogens is 1. The van der Waals surface area contributed by atoms with Crippen molar-refractivity contribution in [2.45, 2.75) is 70.6 Å². The Hall–Kier alpha value is -3.20. The van der Waals surface area contributed by atoms with Crippen molar-refractivity contribution in [2.24, 2.45) is 0 Å². The lowest BCUT2D eigenvalue weighted by Gasteiger charge is -2.43. The summed E-state index contributed by atoms with van der Waals surface area (Å²) in [7, 11) is 1.65. The van der Waals surface area contributed by atoms with E-state index in [4.69, 9.17) is 4.74 Å². The minimum atomic E-state index is -0.670. The third-order valence-corrected chi connectivity index (χ3v) is 8.19. The summed E-state index contributed by atoms with van der Waals surface area (Å²) in [5.74, 6) is 0.944. The molecule has 0 unspecified atom stereocenters. The van der Waals surface area contributed by atoms with Crippen molar-refractivity contribution in [3.8, 4) is 16.9 Å². The zero-order valence-corrected chi connectivity index (χ0v) is 21.3. The van der Waals surface area contributed by atoms with E-state index in [2.05, 4.69) is 45.9 Å². The minimum Gasteiger partial charge on any atom is -0.492 e. The summed E-state index contributed by atoms with van der Waals surface area (Å²) < 4.78 is 22.7. The standard InChI is InChI=1S/C27H33FN6O2/c1-15(2)20-10-24-23(9-21(20)22-13-33-26(29-14-30-33)25(36-4)16(22)3)31-27(35)34(24)19-7-5-18(6-8-19)32-11-17(28)12-32/h9-10,13-15,17-19H,5-8,11-12H2,1-4H3,(H,31,35). The van der Waals surface area contributed by atoms with Crippen molar-refractivity contribution in [3.05, 3.63) is 46.3 Å². The molecule has 1 aromatic carbocycles. The minimum absolute atomic E-state index is 0.0610. The molecule has 8 nitrogen and oxygen atoms in total. The van der Waals surface area contributed by atoms with E-state index in [0.29, 0.717) is 30.5 Å². The first kappa shape index (κ1) is 23.2. The number of aromatic nitrogens is 5. The molecule has 36 heavy (non-hydrogen) atoms. The first-order chi connectivity index (χ1) is 17.4. The Morgan fingerprint density at radius 2 is 1.83 bits per heavy atom. The average molecular weight is 493 g/mol. The number of rotatable bonds is 5. The van der Waals surface area contributed by atoms with E-state index < -0.39 is 6.17 Å². The first-order valence-electron chi connectivity index (χ1n) is 12.9. The highest BCUT2D eigenvalue weighted by molar-refractivity contribution is 5.87. The first-order valence-corrected chi connectivity index (χ1v) is 12.9. The van der Waals surface area contributed by atoms with Crippen LogP contribution in [0.5, 0.6) is 5.75 Å². The van der Waals surface area contributed by atoms with Gasteiger partial charge in [0.1, 0.15) is 12.5 Å². The van der Waals surface area contributed by atoms with Gasteiger partial charge < -0.3 is 9.72 Å². The van der Waals surface area contributed by atoms with Crippen molar-refractivity contribution in [3.63, 3.8) is 0 Å². The maximum absolute atomic E-state index is 13.3. The Kier molecular flexibility index (Phi) is 5.63. The summed E-state index contributed by atoms with van der Waals surface area (Å²) in [6.07, 6.45) is 6.72. The lowest BCUT2D eigenvalue weighted by Crippen LogP contribution is -2.54. The Labute approximate surface area is 209 Å². The molecule has 9 heteroatoms.